The molecular formula is C24H26BN7O. The molecule has 0 atom stereocenters. The second-order valence-corrected chi connectivity index (χ2v) is 8.38. The lowest BCUT2D eigenvalue weighted by Crippen LogP contribution is -2.47. The van der Waals surface area contributed by atoms with E-state index in [1.807, 2.05) is 44.6 Å². The van der Waals surface area contributed by atoms with Crippen LogP contribution in [0.5, 0.6) is 0 Å². The maximum Gasteiger partial charge on any atom is 0.251 e. The van der Waals surface area contributed by atoms with E-state index < -0.39 is 0 Å². The van der Waals surface area contributed by atoms with E-state index in [2.05, 4.69) is 35.1 Å². The Hall–Kier alpha value is -3.46. The van der Waals surface area contributed by atoms with Gasteiger partial charge < -0.3 is 15.2 Å². The highest BCUT2D eigenvalue weighted by Gasteiger charge is 2.20. The number of aromatic amines is 1. The number of anilines is 2. The summed E-state index contributed by atoms with van der Waals surface area (Å²) in [5.41, 5.74) is 5.93. The number of hydrogen-bond donors (Lipinski definition) is 2. The SMILES string of the molecule is [B]c1c(N2CCN(Cc3cnc4cc(CC)c(=O)[nH]c4c3)CC2)cnc2c(NC)nccc12. The van der Waals surface area contributed by atoms with Gasteiger partial charge in [-0.25, -0.2) is 4.98 Å². The van der Waals surface area contributed by atoms with E-state index in [0.717, 1.165) is 82.8 Å². The molecule has 1 aliphatic rings. The third-order valence-corrected chi connectivity index (χ3v) is 6.37. The Morgan fingerprint density at radius 1 is 1.12 bits per heavy atom. The number of aryl methyl sites for hydroxylation is 1. The van der Waals surface area contributed by atoms with E-state index in [0.29, 0.717) is 6.42 Å². The van der Waals surface area contributed by atoms with Crippen molar-refractivity contribution in [3.63, 3.8) is 0 Å². The minimum absolute atomic E-state index is 0.0308. The maximum atomic E-state index is 12.2. The van der Waals surface area contributed by atoms with Gasteiger partial charge in [-0.1, -0.05) is 12.4 Å². The molecule has 33 heavy (non-hydrogen) atoms. The van der Waals surface area contributed by atoms with Crippen LogP contribution in [0.3, 0.4) is 0 Å². The van der Waals surface area contributed by atoms with Crippen LogP contribution in [0.2, 0.25) is 0 Å². The Labute approximate surface area is 193 Å². The zero-order valence-electron chi connectivity index (χ0n) is 18.9. The smallest absolute Gasteiger partial charge is 0.251 e. The van der Waals surface area contributed by atoms with Crippen molar-refractivity contribution in [3.8, 4) is 0 Å². The summed E-state index contributed by atoms with van der Waals surface area (Å²) in [5.74, 6) is 0.729. The first-order valence-corrected chi connectivity index (χ1v) is 11.3. The molecule has 1 fully saturated rings. The van der Waals surface area contributed by atoms with Gasteiger partial charge in [-0.05, 0) is 30.2 Å². The Bertz CT molecular complexity index is 1380. The minimum Gasteiger partial charge on any atom is -0.371 e. The van der Waals surface area contributed by atoms with Crippen molar-refractivity contribution < 1.29 is 0 Å². The fraction of sp³-hybridized carbons (Fsp3) is 0.333. The zero-order valence-corrected chi connectivity index (χ0v) is 18.9. The molecule has 0 amide bonds. The van der Waals surface area contributed by atoms with Crippen molar-refractivity contribution in [2.24, 2.45) is 0 Å². The molecule has 9 heteroatoms. The quantitative estimate of drug-likeness (QED) is 0.457. The summed E-state index contributed by atoms with van der Waals surface area (Å²) >= 11 is 0. The van der Waals surface area contributed by atoms with E-state index in [4.69, 9.17) is 7.85 Å². The van der Waals surface area contributed by atoms with Gasteiger partial charge in [-0.2, -0.15) is 0 Å². The van der Waals surface area contributed by atoms with Gasteiger partial charge in [0, 0.05) is 68.8 Å². The summed E-state index contributed by atoms with van der Waals surface area (Å²) in [6.07, 6.45) is 6.21. The average Bonchev–Trinajstić information content (AvgIpc) is 2.84. The van der Waals surface area contributed by atoms with E-state index in [9.17, 15) is 4.79 Å². The fourth-order valence-electron chi connectivity index (χ4n) is 4.49. The van der Waals surface area contributed by atoms with E-state index in [-0.39, 0.29) is 5.56 Å². The number of fused-ring (bicyclic) bond motifs is 2. The highest BCUT2D eigenvalue weighted by Crippen LogP contribution is 2.22. The predicted molar refractivity (Wildman–Crippen MR) is 134 cm³/mol. The van der Waals surface area contributed by atoms with E-state index >= 15 is 0 Å². The standard InChI is InChI=1S/C24H26BN7O/c1-3-16-11-18-19(30-24(16)33)10-15(12-28-18)14-31-6-8-32(9-7-31)20-13-29-22-17(21(20)25)4-5-27-23(22)26-2/h4-5,10-13H,3,6-9,14H2,1-2H3,(H,26,27)(H,30,33). The highest BCUT2D eigenvalue weighted by atomic mass is 16.1. The summed E-state index contributed by atoms with van der Waals surface area (Å²) in [6, 6.07) is 5.83. The number of nitrogens with one attached hydrogen (secondary N) is 2. The van der Waals surface area contributed by atoms with Gasteiger partial charge in [0.1, 0.15) is 13.4 Å². The highest BCUT2D eigenvalue weighted by molar-refractivity contribution is 6.42. The van der Waals surface area contributed by atoms with Crippen molar-refractivity contribution in [3.05, 3.63) is 58.3 Å². The molecule has 0 bridgehead atoms. The lowest BCUT2D eigenvalue weighted by molar-refractivity contribution is 0.250. The normalized spacial score (nSPS) is 14.8. The molecule has 1 aliphatic heterocycles. The van der Waals surface area contributed by atoms with Crippen LogP contribution < -0.4 is 21.2 Å². The second kappa shape index (κ2) is 8.82. The third-order valence-electron chi connectivity index (χ3n) is 6.37. The Morgan fingerprint density at radius 3 is 2.70 bits per heavy atom. The number of H-pyrrole nitrogens is 1. The number of aromatic nitrogens is 4. The van der Waals surface area contributed by atoms with Gasteiger partial charge in [0.05, 0.1) is 17.2 Å². The van der Waals surface area contributed by atoms with Crippen LogP contribution >= 0.6 is 0 Å². The monoisotopic (exact) mass is 439 g/mol. The Kier molecular flexibility index (Phi) is 5.72. The number of piperazine rings is 1. The van der Waals surface area contributed by atoms with Crippen LogP contribution in [0.25, 0.3) is 21.9 Å². The fourth-order valence-corrected chi connectivity index (χ4v) is 4.49. The van der Waals surface area contributed by atoms with Crippen molar-refractivity contribution >= 4 is 46.8 Å². The van der Waals surface area contributed by atoms with Crippen LogP contribution in [0.4, 0.5) is 11.5 Å². The molecule has 5 rings (SSSR count). The number of hydrogen-bond acceptors (Lipinski definition) is 7. The van der Waals surface area contributed by atoms with Gasteiger partial charge in [-0.3, -0.25) is 19.7 Å². The number of rotatable bonds is 5. The molecule has 166 valence electrons. The van der Waals surface area contributed by atoms with Crippen LogP contribution in [-0.4, -0.2) is 65.9 Å². The molecule has 0 aromatic carbocycles. The largest absolute Gasteiger partial charge is 0.371 e. The summed E-state index contributed by atoms with van der Waals surface area (Å²) in [5, 5.41) is 3.98. The first kappa shape index (κ1) is 21.4. The molecule has 2 N–H and O–H groups in total. The van der Waals surface area contributed by atoms with Gasteiger partial charge in [0.2, 0.25) is 0 Å². The molecule has 4 aromatic rings. The van der Waals surface area contributed by atoms with Crippen LogP contribution in [-0.2, 0) is 13.0 Å². The molecule has 8 nitrogen and oxygen atoms in total. The average molecular weight is 439 g/mol. The minimum atomic E-state index is -0.0308. The topological polar surface area (TPSA) is 90.0 Å². The lowest BCUT2D eigenvalue weighted by atomic mass is 9.90. The zero-order chi connectivity index (χ0) is 22.9. The molecule has 4 aromatic heterocycles. The van der Waals surface area contributed by atoms with Gasteiger partial charge >= 0.3 is 0 Å². The first-order chi connectivity index (χ1) is 16.1. The van der Waals surface area contributed by atoms with Crippen molar-refractivity contribution in [2.45, 2.75) is 19.9 Å². The molecule has 2 radical (unpaired) electrons. The third kappa shape index (κ3) is 4.04. The number of pyridine rings is 4. The molecule has 1 saturated heterocycles. The predicted octanol–water partition coefficient (Wildman–Crippen LogP) is 1.59. The Balaban J connectivity index is 1.29. The van der Waals surface area contributed by atoms with Crippen LogP contribution in [0.1, 0.15) is 18.1 Å². The van der Waals surface area contributed by atoms with E-state index in [1.165, 1.54) is 0 Å². The summed E-state index contributed by atoms with van der Waals surface area (Å²) in [7, 11) is 8.36. The second-order valence-electron chi connectivity index (χ2n) is 8.38. The molecule has 0 aliphatic carbocycles. The molecule has 0 unspecified atom stereocenters. The molecule has 5 heterocycles. The van der Waals surface area contributed by atoms with Crippen LogP contribution in [0.15, 0.2) is 41.6 Å². The summed E-state index contributed by atoms with van der Waals surface area (Å²) in [6.45, 7) is 6.29. The molecule has 0 spiro atoms. The first-order valence-electron chi connectivity index (χ1n) is 11.3. The van der Waals surface area contributed by atoms with Crippen molar-refractivity contribution in [1.29, 1.82) is 0 Å². The van der Waals surface area contributed by atoms with Crippen LogP contribution in [0, 0.1) is 0 Å². The lowest BCUT2D eigenvalue weighted by Gasteiger charge is -2.37. The Morgan fingerprint density at radius 2 is 1.94 bits per heavy atom. The van der Waals surface area contributed by atoms with Crippen molar-refractivity contribution in [1.82, 2.24) is 24.8 Å². The van der Waals surface area contributed by atoms with Crippen molar-refractivity contribution in [2.75, 3.05) is 43.4 Å². The maximum absolute atomic E-state index is 12.2. The number of nitrogens with zero attached hydrogens (tertiary/aromatic N) is 5. The van der Waals surface area contributed by atoms with Gasteiger partial charge in [0.25, 0.3) is 5.56 Å². The van der Waals surface area contributed by atoms with E-state index in [1.54, 1.807) is 6.20 Å². The van der Waals surface area contributed by atoms with Gasteiger partial charge in [0.15, 0.2) is 5.82 Å². The molecule has 0 saturated carbocycles. The summed E-state index contributed by atoms with van der Waals surface area (Å²) in [4.78, 5) is 33.3. The molecular weight excluding hydrogens is 413 g/mol. The summed E-state index contributed by atoms with van der Waals surface area (Å²) < 4.78 is 0. The van der Waals surface area contributed by atoms with Gasteiger partial charge in [-0.15, -0.1) is 0 Å².